The SMILES string of the molecule is CCN(CC)CCCSC1=NC(c2ccccc2)c2ccccc2CN1C. The van der Waals surface area contributed by atoms with Crippen LogP contribution in [0.2, 0.25) is 0 Å². The zero-order valence-electron chi connectivity index (χ0n) is 16.8. The molecule has 144 valence electrons. The van der Waals surface area contributed by atoms with Gasteiger partial charge in [-0.1, -0.05) is 80.2 Å². The molecule has 1 unspecified atom stereocenters. The molecule has 1 aliphatic rings. The first-order chi connectivity index (χ1) is 13.2. The standard InChI is InChI=1S/C23H31N3S/c1-4-26(5-2)16-11-17-27-23-24-22(19-12-7-6-8-13-19)21-15-10-9-14-20(21)18-25(23)3/h6-10,12-15,22H,4-5,11,16-18H2,1-3H3. The molecule has 1 atom stereocenters. The molecule has 0 fully saturated rings. The molecule has 0 aliphatic carbocycles. The van der Waals surface area contributed by atoms with E-state index in [1.807, 2.05) is 11.8 Å². The average Bonchev–Trinajstić information content (AvgIpc) is 2.85. The molecule has 1 heterocycles. The van der Waals surface area contributed by atoms with Gasteiger partial charge in [-0.2, -0.15) is 0 Å². The number of benzene rings is 2. The maximum absolute atomic E-state index is 5.22. The van der Waals surface area contributed by atoms with Crippen LogP contribution in [0.3, 0.4) is 0 Å². The van der Waals surface area contributed by atoms with E-state index < -0.39 is 0 Å². The van der Waals surface area contributed by atoms with Gasteiger partial charge in [0.1, 0.15) is 6.04 Å². The van der Waals surface area contributed by atoms with E-state index in [-0.39, 0.29) is 6.04 Å². The van der Waals surface area contributed by atoms with E-state index in [0.29, 0.717) is 0 Å². The fraction of sp³-hybridized carbons (Fsp3) is 0.435. The van der Waals surface area contributed by atoms with Crippen LogP contribution in [0.1, 0.15) is 43.0 Å². The number of rotatable bonds is 7. The highest BCUT2D eigenvalue weighted by Crippen LogP contribution is 2.33. The lowest BCUT2D eigenvalue weighted by Gasteiger charge is -2.20. The lowest BCUT2D eigenvalue weighted by Crippen LogP contribution is -2.25. The van der Waals surface area contributed by atoms with Gasteiger partial charge in [0.15, 0.2) is 5.17 Å². The third-order valence-electron chi connectivity index (χ3n) is 5.18. The maximum Gasteiger partial charge on any atom is 0.160 e. The second-order valence-electron chi connectivity index (χ2n) is 7.01. The van der Waals surface area contributed by atoms with Gasteiger partial charge in [-0.3, -0.25) is 0 Å². The van der Waals surface area contributed by atoms with Gasteiger partial charge in [-0.05, 0) is 42.7 Å². The van der Waals surface area contributed by atoms with Crippen molar-refractivity contribution in [2.24, 2.45) is 4.99 Å². The van der Waals surface area contributed by atoms with Crippen molar-refractivity contribution < 1.29 is 0 Å². The molecule has 2 aromatic rings. The minimum Gasteiger partial charge on any atom is -0.350 e. The average molecular weight is 382 g/mol. The summed E-state index contributed by atoms with van der Waals surface area (Å²) in [6.45, 7) is 8.82. The van der Waals surface area contributed by atoms with Crippen LogP contribution >= 0.6 is 11.8 Å². The van der Waals surface area contributed by atoms with E-state index in [9.17, 15) is 0 Å². The minimum atomic E-state index is 0.0811. The van der Waals surface area contributed by atoms with Crippen molar-refractivity contribution in [3.05, 3.63) is 71.3 Å². The van der Waals surface area contributed by atoms with E-state index in [0.717, 1.165) is 30.6 Å². The number of thioether (sulfide) groups is 1. The Morgan fingerprint density at radius 2 is 1.74 bits per heavy atom. The zero-order valence-corrected chi connectivity index (χ0v) is 17.6. The molecule has 0 amide bonds. The molecular weight excluding hydrogens is 350 g/mol. The van der Waals surface area contributed by atoms with Gasteiger partial charge in [0.05, 0.1) is 0 Å². The van der Waals surface area contributed by atoms with Gasteiger partial charge in [-0.25, -0.2) is 4.99 Å². The Kier molecular flexibility index (Phi) is 7.36. The zero-order chi connectivity index (χ0) is 19.1. The van der Waals surface area contributed by atoms with Crippen LogP contribution < -0.4 is 0 Å². The Labute approximate surface area is 168 Å². The molecule has 4 heteroatoms. The Morgan fingerprint density at radius 1 is 1.04 bits per heavy atom. The van der Waals surface area contributed by atoms with Crippen LogP contribution in [-0.4, -0.2) is 47.4 Å². The molecule has 0 N–H and O–H groups in total. The highest BCUT2D eigenvalue weighted by Gasteiger charge is 2.23. The summed E-state index contributed by atoms with van der Waals surface area (Å²) in [5.41, 5.74) is 3.96. The molecule has 3 nitrogen and oxygen atoms in total. The van der Waals surface area contributed by atoms with Crippen molar-refractivity contribution in [2.45, 2.75) is 32.9 Å². The summed E-state index contributed by atoms with van der Waals surface area (Å²) in [6.07, 6.45) is 1.20. The van der Waals surface area contributed by atoms with Crippen LogP contribution in [0, 0.1) is 0 Å². The lowest BCUT2D eigenvalue weighted by molar-refractivity contribution is 0.305. The quantitative estimate of drug-likeness (QED) is 0.626. The van der Waals surface area contributed by atoms with Gasteiger partial charge in [0.2, 0.25) is 0 Å². The minimum absolute atomic E-state index is 0.0811. The van der Waals surface area contributed by atoms with Crippen molar-refractivity contribution in [3.63, 3.8) is 0 Å². The number of hydrogen-bond donors (Lipinski definition) is 0. The van der Waals surface area contributed by atoms with Crippen LogP contribution in [0.5, 0.6) is 0 Å². The molecule has 0 bridgehead atoms. The Balaban J connectivity index is 1.78. The summed E-state index contributed by atoms with van der Waals surface area (Å²) < 4.78 is 0. The lowest BCUT2D eigenvalue weighted by atomic mass is 9.95. The van der Waals surface area contributed by atoms with E-state index in [4.69, 9.17) is 4.99 Å². The fourth-order valence-corrected chi connectivity index (χ4v) is 4.50. The number of fused-ring (bicyclic) bond motifs is 1. The molecule has 27 heavy (non-hydrogen) atoms. The molecule has 0 saturated carbocycles. The Morgan fingerprint density at radius 3 is 2.48 bits per heavy atom. The van der Waals surface area contributed by atoms with Crippen LogP contribution in [0.25, 0.3) is 0 Å². The first-order valence-corrected chi connectivity index (χ1v) is 11.0. The largest absolute Gasteiger partial charge is 0.350 e. The van der Waals surface area contributed by atoms with Gasteiger partial charge >= 0.3 is 0 Å². The number of amidine groups is 1. The summed E-state index contributed by atoms with van der Waals surface area (Å²) >= 11 is 1.90. The highest BCUT2D eigenvalue weighted by atomic mass is 32.2. The number of aliphatic imine (C=N–C) groups is 1. The smallest absolute Gasteiger partial charge is 0.160 e. The van der Waals surface area contributed by atoms with E-state index in [1.54, 1.807) is 0 Å². The third kappa shape index (κ3) is 5.14. The second kappa shape index (κ2) is 9.95. The van der Waals surface area contributed by atoms with Crippen LogP contribution in [0.4, 0.5) is 0 Å². The summed E-state index contributed by atoms with van der Waals surface area (Å²) in [7, 11) is 2.17. The molecule has 0 spiro atoms. The van der Waals surface area contributed by atoms with Gasteiger partial charge < -0.3 is 9.80 Å². The van der Waals surface area contributed by atoms with Crippen LogP contribution in [-0.2, 0) is 6.54 Å². The van der Waals surface area contributed by atoms with E-state index in [2.05, 4.69) is 85.3 Å². The molecule has 0 aromatic heterocycles. The normalized spacial score (nSPS) is 16.8. The highest BCUT2D eigenvalue weighted by molar-refractivity contribution is 8.13. The van der Waals surface area contributed by atoms with Crippen LogP contribution in [0.15, 0.2) is 59.6 Å². The molecule has 0 saturated heterocycles. The first-order valence-electron chi connectivity index (χ1n) is 9.99. The van der Waals surface area contributed by atoms with E-state index >= 15 is 0 Å². The Bertz CT molecular complexity index is 740. The van der Waals surface area contributed by atoms with Crippen molar-refractivity contribution in [2.75, 3.05) is 32.4 Å². The number of hydrogen-bond acceptors (Lipinski definition) is 4. The maximum atomic E-state index is 5.22. The molecule has 2 aromatic carbocycles. The van der Waals surface area contributed by atoms with E-state index in [1.165, 1.54) is 29.7 Å². The Hall–Kier alpha value is -1.78. The predicted molar refractivity (Wildman–Crippen MR) is 118 cm³/mol. The molecule has 3 rings (SSSR count). The van der Waals surface area contributed by atoms with Gasteiger partial charge in [0, 0.05) is 19.3 Å². The summed E-state index contributed by atoms with van der Waals surface area (Å²) in [5, 5.41) is 1.15. The molecular formula is C23H31N3S. The monoisotopic (exact) mass is 381 g/mol. The van der Waals surface area contributed by atoms with Gasteiger partial charge in [0.25, 0.3) is 0 Å². The van der Waals surface area contributed by atoms with Crippen molar-refractivity contribution in [1.82, 2.24) is 9.80 Å². The topological polar surface area (TPSA) is 18.8 Å². The fourth-order valence-electron chi connectivity index (χ4n) is 3.57. The summed E-state index contributed by atoms with van der Waals surface area (Å²) in [4.78, 5) is 10.0. The van der Waals surface area contributed by atoms with Crippen molar-refractivity contribution in [3.8, 4) is 0 Å². The summed E-state index contributed by atoms with van der Waals surface area (Å²) in [6, 6.07) is 19.5. The predicted octanol–water partition coefficient (Wildman–Crippen LogP) is 5.04. The van der Waals surface area contributed by atoms with Gasteiger partial charge in [-0.15, -0.1) is 0 Å². The molecule has 0 radical (unpaired) electrons. The first kappa shape index (κ1) is 20.0. The molecule has 1 aliphatic heterocycles. The second-order valence-corrected chi connectivity index (χ2v) is 8.07. The summed E-state index contributed by atoms with van der Waals surface area (Å²) in [5.74, 6) is 1.11. The van der Waals surface area contributed by atoms with Crippen molar-refractivity contribution in [1.29, 1.82) is 0 Å². The third-order valence-corrected chi connectivity index (χ3v) is 6.35. The van der Waals surface area contributed by atoms with Crippen molar-refractivity contribution >= 4 is 16.9 Å². The number of nitrogens with zero attached hydrogens (tertiary/aromatic N) is 3.